The summed E-state index contributed by atoms with van der Waals surface area (Å²) < 4.78 is 7.65. The maximum absolute atomic E-state index is 12.1. The third-order valence-electron chi connectivity index (χ3n) is 5.67. The molecule has 14 heteroatoms. The molecule has 4 rings (SSSR count). The van der Waals surface area contributed by atoms with Gasteiger partial charge in [-0.15, -0.1) is 20.5 Å². The van der Waals surface area contributed by atoms with Crippen molar-refractivity contribution in [2.24, 2.45) is 27.5 Å². The number of aromatic nitrogens is 6. The van der Waals surface area contributed by atoms with E-state index in [-0.39, 0.29) is 34.3 Å². The molecular weight excluding hydrogens is 504 g/mol. The third-order valence-corrected chi connectivity index (χ3v) is 5.67. The Labute approximate surface area is 224 Å². The minimum absolute atomic E-state index is 0.0276. The van der Waals surface area contributed by atoms with Gasteiger partial charge in [0.15, 0.2) is 12.4 Å². The first-order valence-electron chi connectivity index (χ1n) is 12.5. The van der Waals surface area contributed by atoms with Crippen molar-refractivity contribution >= 4 is 22.7 Å². The number of hydrogen-bond donors (Lipinski definition) is 2. The average molecular weight is 538 g/mol. The van der Waals surface area contributed by atoms with Gasteiger partial charge in [0.1, 0.15) is 18.4 Å². The molecule has 4 aromatic rings. The molecule has 0 aliphatic rings. The lowest BCUT2D eigenvalue weighted by Crippen LogP contribution is -2.25. The summed E-state index contributed by atoms with van der Waals surface area (Å²) in [5, 5.41) is 35.6. The van der Waals surface area contributed by atoms with Crippen molar-refractivity contribution in [3.8, 4) is 11.8 Å². The van der Waals surface area contributed by atoms with Crippen molar-refractivity contribution in [2.75, 3.05) is 0 Å². The van der Waals surface area contributed by atoms with E-state index in [1.165, 1.54) is 24.9 Å². The molecule has 0 aromatic carbocycles. The minimum Gasteiger partial charge on any atom is -0.492 e. The Morgan fingerprint density at radius 1 is 0.744 bits per heavy atom. The molecule has 0 unspecified atom stereocenters. The molecule has 0 aliphatic heterocycles. The van der Waals surface area contributed by atoms with Crippen LogP contribution in [-0.4, -0.2) is 33.9 Å². The molecule has 0 bridgehead atoms. The Kier molecular flexibility index (Phi) is 9.62. The predicted molar refractivity (Wildman–Crippen MR) is 144 cm³/mol. The summed E-state index contributed by atoms with van der Waals surface area (Å²) in [6, 6.07) is 7.03. The standard InChI is InChI=1S/C13H17N5O2.C12H15N5O2/c1-4-17-12(19)11(13(20)18(17)5-2)15-14-10-7-6-8-16(3)9-10;1-3-16-11(18)10(12(19)17(16)4-2)15-14-9-6-5-7-13-8-9/h6-9H,4-5H2,1-3H3;5-8,18H,3-4H2,1-2H3/p+1. The van der Waals surface area contributed by atoms with Crippen LogP contribution >= 0.6 is 0 Å². The summed E-state index contributed by atoms with van der Waals surface area (Å²) >= 11 is 0. The molecule has 0 saturated carbocycles. The second-order valence-corrected chi connectivity index (χ2v) is 8.16. The molecule has 0 radical (unpaired) electrons. The summed E-state index contributed by atoms with van der Waals surface area (Å²) in [6.07, 6.45) is 6.79. The quantitative estimate of drug-likeness (QED) is 0.257. The van der Waals surface area contributed by atoms with E-state index in [2.05, 4.69) is 25.4 Å². The van der Waals surface area contributed by atoms with E-state index >= 15 is 0 Å². The molecule has 0 saturated heterocycles. The maximum Gasteiger partial charge on any atom is 0.298 e. The molecule has 4 heterocycles. The number of aryl methyl sites for hydroxylation is 1. The van der Waals surface area contributed by atoms with Crippen molar-refractivity contribution in [2.45, 2.75) is 53.9 Å². The summed E-state index contributed by atoms with van der Waals surface area (Å²) in [5.74, 6) is -0.314. The SMILES string of the molecule is CCn1c(O)c(N=Nc2ccc[n+](C)c2)c(=O)n1CC.CCn1c(O)c(N=Nc2cccnc2)c(=O)n1CC. The zero-order chi connectivity index (χ0) is 28.5. The van der Waals surface area contributed by atoms with Gasteiger partial charge in [0, 0.05) is 38.4 Å². The van der Waals surface area contributed by atoms with E-state index in [1.54, 1.807) is 30.6 Å². The summed E-state index contributed by atoms with van der Waals surface area (Å²) in [5.41, 5.74) is 0.368. The normalized spacial score (nSPS) is 11.3. The molecule has 2 N–H and O–H groups in total. The van der Waals surface area contributed by atoms with Crippen LogP contribution < -0.4 is 15.7 Å². The van der Waals surface area contributed by atoms with Gasteiger partial charge in [-0.3, -0.25) is 14.6 Å². The lowest BCUT2D eigenvalue weighted by Gasteiger charge is -2.06. The Morgan fingerprint density at radius 3 is 1.64 bits per heavy atom. The zero-order valence-corrected chi connectivity index (χ0v) is 22.6. The van der Waals surface area contributed by atoms with Crippen LogP contribution in [0.25, 0.3) is 0 Å². The van der Waals surface area contributed by atoms with Crippen LogP contribution in [0.3, 0.4) is 0 Å². The van der Waals surface area contributed by atoms with Gasteiger partial charge < -0.3 is 10.2 Å². The van der Waals surface area contributed by atoms with Crippen molar-refractivity contribution in [1.29, 1.82) is 0 Å². The second-order valence-electron chi connectivity index (χ2n) is 8.16. The van der Waals surface area contributed by atoms with Crippen LogP contribution in [0.4, 0.5) is 22.7 Å². The smallest absolute Gasteiger partial charge is 0.298 e. The highest BCUT2D eigenvalue weighted by Crippen LogP contribution is 2.26. The van der Waals surface area contributed by atoms with Crippen LogP contribution in [0.1, 0.15) is 27.7 Å². The van der Waals surface area contributed by atoms with Crippen LogP contribution in [0.15, 0.2) is 79.1 Å². The summed E-state index contributed by atoms with van der Waals surface area (Å²) in [4.78, 5) is 28.0. The number of nitrogens with zero attached hydrogens (tertiary/aromatic N) is 10. The van der Waals surface area contributed by atoms with Gasteiger partial charge in [0.25, 0.3) is 11.1 Å². The van der Waals surface area contributed by atoms with E-state index < -0.39 is 0 Å². The van der Waals surface area contributed by atoms with Gasteiger partial charge in [-0.05, 0) is 45.9 Å². The van der Waals surface area contributed by atoms with E-state index in [0.717, 1.165) is 0 Å². The van der Waals surface area contributed by atoms with E-state index in [4.69, 9.17) is 0 Å². The fourth-order valence-corrected chi connectivity index (χ4v) is 3.83. The molecule has 39 heavy (non-hydrogen) atoms. The molecule has 0 amide bonds. The number of hydrogen-bond acceptors (Lipinski definition) is 9. The molecular formula is C25H33N10O4+. The predicted octanol–water partition coefficient (Wildman–Crippen LogP) is 3.84. The van der Waals surface area contributed by atoms with E-state index in [9.17, 15) is 19.8 Å². The van der Waals surface area contributed by atoms with Crippen molar-refractivity contribution in [3.05, 3.63) is 69.8 Å². The topological polar surface area (TPSA) is 161 Å². The van der Waals surface area contributed by atoms with Gasteiger partial charge in [-0.2, -0.15) is 0 Å². The Bertz CT molecular complexity index is 1580. The largest absolute Gasteiger partial charge is 0.492 e. The molecule has 0 fully saturated rings. The Hall–Kier alpha value is -4.88. The zero-order valence-electron chi connectivity index (χ0n) is 22.6. The van der Waals surface area contributed by atoms with E-state index in [1.807, 2.05) is 51.6 Å². The van der Waals surface area contributed by atoms with Crippen molar-refractivity contribution < 1.29 is 14.8 Å². The van der Waals surface area contributed by atoms with Gasteiger partial charge in [0.05, 0.1) is 6.20 Å². The third kappa shape index (κ3) is 6.34. The Balaban J connectivity index is 0.000000216. The van der Waals surface area contributed by atoms with Crippen LogP contribution in [0, 0.1) is 0 Å². The monoisotopic (exact) mass is 537 g/mol. The van der Waals surface area contributed by atoms with Crippen molar-refractivity contribution in [3.63, 3.8) is 0 Å². The van der Waals surface area contributed by atoms with Gasteiger partial charge >= 0.3 is 0 Å². The number of aromatic hydroxyl groups is 2. The summed E-state index contributed by atoms with van der Waals surface area (Å²) in [6.45, 7) is 9.26. The number of azo groups is 2. The molecule has 14 nitrogen and oxygen atoms in total. The highest BCUT2D eigenvalue weighted by Gasteiger charge is 2.18. The van der Waals surface area contributed by atoms with Gasteiger partial charge in [-0.25, -0.2) is 23.3 Å². The molecule has 0 atom stereocenters. The van der Waals surface area contributed by atoms with E-state index in [0.29, 0.717) is 37.6 Å². The first-order chi connectivity index (χ1) is 18.8. The number of pyridine rings is 2. The molecule has 206 valence electrons. The second kappa shape index (κ2) is 13.1. The van der Waals surface area contributed by atoms with Gasteiger partial charge in [-0.1, -0.05) is 0 Å². The van der Waals surface area contributed by atoms with Crippen LogP contribution in [0.5, 0.6) is 11.8 Å². The molecule has 0 aliphatic carbocycles. The minimum atomic E-state index is -0.352. The summed E-state index contributed by atoms with van der Waals surface area (Å²) in [7, 11) is 1.87. The molecule has 4 aromatic heterocycles. The van der Waals surface area contributed by atoms with Crippen LogP contribution in [-0.2, 0) is 33.2 Å². The first kappa shape index (κ1) is 28.7. The molecule has 0 spiro atoms. The highest BCUT2D eigenvalue weighted by atomic mass is 16.3. The fourth-order valence-electron chi connectivity index (χ4n) is 3.83. The average Bonchev–Trinajstić information content (AvgIpc) is 3.32. The number of rotatable bonds is 8. The van der Waals surface area contributed by atoms with Crippen LogP contribution in [0.2, 0.25) is 0 Å². The highest BCUT2D eigenvalue weighted by molar-refractivity contribution is 5.46. The fraction of sp³-hybridized carbons (Fsp3) is 0.360. The lowest BCUT2D eigenvalue weighted by molar-refractivity contribution is -0.670. The lowest BCUT2D eigenvalue weighted by atomic mass is 10.4. The van der Waals surface area contributed by atoms with Crippen molar-refractivity contribution in [1.82, 2.24) is 23.7 Å². The van der Waals surface area contributed by atoms with Gasteiger partial charge in [0.2, 0.25) is 23.1 Å². The maximum atomic E-state index is 12.1. The Morgan fingerprint density at radius 2 is 1.23 bits per heavy atom. The first-order valence-corrected chi connectivity index (χ1v) is 12.5.